The predicted octanol–water partition coefficient (Wildman–Crippen LogP) is 2.66. The third kappa shape index (κ3) is 8.15. The molecule has 0 aromatic heterocycles. The number of alkyl halides is 3. The van der Waals surface area contributed by atoms with Crippen molar-refractivity contribution in [1.82, 2.24) is 15.1 Å². The average molecular weight is 413 g/mol. The monoisotopic (exact) mass is 413 g/mol. The molecule has 1 aliphatic heterocycles. The second-order valence-electron chi connectivity index (χ2n) is 7.82. The summed E-state index contributed by atoms with van der Waals surface area (Å²) in [6, 6.07) is 5.62. The fraction of sp³-hybridized carbons (Fsp3) is 0.500. The first-order valence-electron chi connectivity index (χ1n) is 9.28. The zero-order chi connectivity index (χ0) is 21.7. The molecule has 0 spiro atoms. The van der Waals surface area contributed by atoms with Crippen molar-refractivity contribution in [3.05, 3.63) is 35.9 Å². The molecule has 9 heteroatoms. The predicted molar refractivity (Wildman–Crippen MR) is 103 cm³/mol. The van der Waals surface area contributed by atoms with E-state index in [1.165, 1.54) is 30.4 Å². The Morgan fingerprint density at radius 3 is 2.31 bits per heavy atom. The van der Waals surface area contributed by atoms with Gasteiger partial charge >= 0.3 is 6.36 Å². The first kappa shape index (κ1) is 22.7. The lowest BCUT2D eigenvalue weighted by molar-refractivity contribution is -0.274. The van der Waals surface area contributed by atoms with E-state index in [2.05, 4.69) is 10.1 Å². The molecular formula is C20H26F3N3O3. The van der Waals surface area contributed by atoms with Crippen molar-refractivity contribution in [3.8, 4) is 5.75 Å². The van der Waals surface area contributed by atoms with E-state index in [0.29, 0.717) is 26.2 Å². The Morgan fingerprint density at radius 2 is 1.72 bits per heavy atom. The second-order valence-corrected chi connectivity index (χ2v) is 7.82. The number of nitrogens with zero attached hydrogens (tertiary/aromatic N) is 2. The Bertz CT molecular complexity index is 749. The van der Waals surface area contributed by atoms with Crippen molar-refractivity contribution in [1.29, 1.82) is 0 Å². The van der Waals surface area contributed by atoms with Crippen LogP contribution in [0.3, 0.4) is 0 Å². The number of amides is 2. The van der Waals surface area contributed by atoms with E-state index in [1.54, 1.807) is 11.0 Å². The van der Waals surface area contributed by atoms with E-state index in [-0.39, 0.29) is 35.2 Å². The standard InChI is InChI=1S/C20H26F3N3O3/c1-19(2,3)24-17(27)14-25-10-12-26(13-11-25)18(28)9-8-15-6-4-5-7-16(15)29-20(21,22)23/h4-9H,10-14H2,1-3H3,(H,24,27). The van der Waals surface area contributed by atoms with Crippen molar-refractivity contribution in [2.75, 3.05) is 32.7 Å². The molecule has 0 saturated carbocycles. The van der Waals surface area contributed by atoms with E-state index in [9.17, 15) is 22.8 Å². The van der Waals surface area contributed by atoms with Crippen molar-refractivity contribution >= 4 is 17.9 Å². The summed E-state index contributed by atoms with van der Waals surface area (Å²) in [6.07, 6.45) is -2.25. The normalized spacial score (nSPS) is 16.1. The zero-order valence-corrected chi connectivity index (χ0v) is 16.8. The molecule has 1 fully saturated rings. The summed E-state index contributed by atoms with van der Waals surface area (Å²) in [5.74, 6) is -0.734. The highest BCUT2D eigenvalue weighted by Gasteiger charge is 2.31. The third-order valence-electron chi connectivity index (χ3n) is 4.12. The number of carbonyl (C=O) groups is 2. The molecule has 1 aliphatic rings. The van der Waals surface area contributed by atoms with Gasteiger partial charge in [-0.3, -0.25) is 14.5 Å². The van der Waals surface area contributed by atoms with Gasteiger partial charge in [0.05, 0.1) is 6.54 Å². The molecule has 1 aromatic rings. The van der Waals surface area contributed by atoms with Crippen LogP contribution in [0.4, 0.5) is 13.2 Å². The molecule has 1 N–H and O–H groups in total. The second kappa shape index (κ2) is 9.30. The summed E-state index contributed by atoms with van der Waals surface area (Å²) in [6.45, 7) is 7.95. The molecule has 0 aliphatic carbocycles. The van der Waals surface area contributed by atoms with Crippen molar-refractivity contribution < 1.29 is 27.5 Å². The van der Waals surface area contributed by atoms with Crippen LogP contribution in [0.25, 0.3) is 6.08 Å². The highest BCUT2D eigenvalue weighted by molar-refractivity contribution is 5.92. The number of rotatable bonds is 5. The van der Waals surface area contributed by atoms with Crippen molar-refractivity contribution in [3.63, 3.8) is 0 Å². The number of piperazine rings is 1. The van der Waals surface area contributed by atoms with Crippen LogP contribution < -0.4 is 10.1 Å². The van der Waals surface area contributed by atoms with E-state index in [1.807, 2.05) is 25.7 Å². The largest absolute Gasteiger partial charge is 0.573 e. The maximum absolute atomic E-state index is 12.5. The zero-order valence-electron chi connectivity index (χ0n) is 16.8. The lowest BCUT2D eigenvalue weighted by atomic mass is 10.1. The maximum atomic E-state index is 12.5. The smallest absolute Gasteiger partial charge is 0.405 e. The minimum atomic E-state index is -4.80. The molecule has 1 aromatic carbocycles. The first-order chi connectivity index (χ1) is 13.4. The maximum Gasteiger partial charge on any atom is 0.573 e. The molecule has 0 bridgehead atoms. The van der Waals surface area contributed by atoms with Gasteiger partial charge in [-0.15, -0.1) is 13.2 Å². The van der Waals surface area contributed by atoms with Crippen LogP contribution in [0.15, 0.2) is 30.3 Å². The summed E-state index contributed by atoms with van der Waals surface area (Å²) < 4.78 is 41.4. The summed E-state index contributed by atoms with van der Waals surface area (Å²) in [7, 11) is 0. The van der Waals surface area contributed by atoms with Gasteiger partial charge in [0.2, 0.25) is 11.8 Å². The third-order valence-corrected chi connectivity index (χ3v) is 4.12. The number of hydrogen-bond donors (Lipinski definition) is 1. The topological polar surface area (TPSA) is 61.9 Å². The Labute approximate surface area is 168 Å². The van der Waals surface area contributed by atoms with Gasteiger partial charge < -0.3 is 15.0 Å². The Hall–Kier alpha value is -2.55. The van der Waals surface area contributed by atoms with E-state index >= 15 is 0 Å². The van der Waals surface area contributed by atoms with Crippen LogP contribution in [-0.2, 0) is 9.59 Å². The fourth-order valence-corrected chi connectivity index (χ4v) is 2.89. The molecule has 1 saturated heterocycles. The minimum Gasteiger partial charge on any atom is -0.405 e. The molecule has 1 heterocycles. The number of hydrogen-bond acceptors (Lipinski definition) is 4. The molecule has 2 amide bonds. The van der Waals surface area contributed by atoms with E-state index in [0.717, 1.165) is 0 Å². The summed E-state index contributed by atoms with van der Waals surface area (Å²) in [5.41, 5.74) is -0.137. The number of ether oxygens (including phenoxy) is 1. The number of para-hydroxylation sites is 1. The number of nitrogens with one attached hydrogen (secondary N) is 1. The average Bonchev–Trinajstić information content (AvgIpc) is 2.58. The van der Waals surface area contributed by atoms with Crippen LogP contribution >= 0.6 is 0 Å². The van der Waals surface area contributed by atoms with Crippen molar-refractivity contribution in [2.45, 2.75) is 32.7 Å². The number of halogens is 3. The van der Waals surface area contributed by atoms with Crippen LogP contribution in [0.1, 0.15) is 26.3 Å². The number of benzene rings is 1. The molecule has 160 valence electrons. The summed E-state index contributed by atoms with van der Waals surface area (Å²) in [5, 5.41) is 2.90. The molecule has 29 heavy (non-hydrogen) atoms. The van der Waals surface area contributed by atoms with Crippen LogP contribution in [0.5, 0.6) is 5.75 Å². The van der Waals surface area contributed by atoms with Gasteiger partial charge in [-0.1, -0.05) is 18.2 Å². The van der Waals surface area contributed by atoms with Crippen LogP contribution in [0.2, 0.25) is 0 Å². The quantitative estimate of drug-likeness (QED) is 0.754. The van der Waals surface area contributed by atoms with Gasteiger partial charge in [-0.25, -0.2) is 0 Å². The Kier molecular flexibility index (Phi) is 7.29. The summed E-state index contributed by atoms with van der Waals surface area (Å²) >= 11 is 0. The van der Waals surface area contributed by atoms with Crippen LogP contribution in [0, 0.1) is 0 Å². The van der Waals surface area contributed by atoms with Crippen LogP contribution in [-0.4, -0.2) is 66.2 Å². The van der Waals surface area contributed by atoms with Gasteiger partial charge in [-0.2, -0.15) is 0 Å². The highest BCUT2D eigenvalue weighted by atomic mass is 19.4. The highest BCUT2D eigenvalue weighted by Crippen LogP contribution is 2.27. The van der Waals surface area contributed by atoms with E-state index in [4.69, 9.17) is 0 Å². The summed E-state index contributed by atoms with van der Waals surface area (Å²) in [4.78, 5) is 27.9. The van der Waals surface area contributed by atoms with E-state index < -0.39 is 6.36 Å². The molecule has 6 nitrogen and oxygen atoms in total. The van der Waals surface area contributed by atoms with Gasteiger partial charge in [0.1, 0.15) is 5.75 Å². The minimum absolute atomic E-state index is 0.0709. The lowest BCUT2D eigenvalue weighted by Gasteiger charge is -2.34. The number of carbonyl (C=O) groups excluding carboxylic acids is 2. The van der Waals surface area contributed by atoms with Gasteiger partial charge in [0.25, 0.3) is 0 Å². The fourth-order valence-electron chi connectivity index (χ4n) is 2.89. The van der Waals surface area contributed by atoms with Gasteiger partial charge in [-0.05, 0) is 32.9 Å². The van der Waals surface area contributed by atoms with Gasteiger partial charge in [0, 0.05) is 43.4 Å². The lowest BCUT2D eigenvalue weighted by Crippen LogP contribution is -2.52. The molecule has 0 atom stereocenters. The molecule has 0 unspecified atom stereocenters. The Morgan fingerprint density at radius 1 is 1.10 bits per heavy atom. The Balaban J connectivity index is 1.88. The first-order valence-corrected chi connectivity index (χ1v) is 9.28. The van der Waals surface area contributed by atoms with Crippen molar-refractivity contribution in [2.24, 2.45) is 0 Å². The molecular weight excluding hydrogens is 387 g/mol. The molecule has 0 radical (unpaired) electrons. The van der Waals surface area contributed by atoms with Gasteiger partial charge in [0.15, 0.2) is 0 Å². The molecule has 2 rings (SSSR count). The SMILES string of the molecule is CC(C)(C)NC(=O)CN1CCN(C(=O)C=Cc2ccccc2OC(F)(F)F)CC1.